The van der Waals surface area contributed by atoms with E-state index in [4.69, 9.17) is 4.43 Å². The molecule has 0 heterocycles. The molecule has 0 bridgehead atoms. The summed E-state index contributed by atoms with van der Waals surface area (Å²) in [7, 11) is -1.78. The predicted molar refractivity (Wildman–Crippen MR) is 78.9 cm³/mol. The molecule has 2 nitrogen and oxygen atoms in total. The lowest BCUT2D eigenvalue weighted by molar-refractivity contribution is 0.0988. The van der Waals surface area contributed by atoms with E-state index < -0.39 is 8.32 Å². The summed E-state index contributed by atoms with van der Waals surface area (Å²) in [5.74, 6) is 1.04. The highest BCUT2D eigenvalue weighted by Gasteiger charge is 2.38. The maximum atomic E-state index is 11.5. The van der Waals surface area contributed by atoms with E-state index in [0.717, 1.165) is 11.3 Å². The van der Waals surface area contributed by atoms with Gasteiger partial charge in [-0.05, 0) is 42.4 Å². The van der Waals surface area contributed by atoms with Crippen molar-refractivity contribution in [1.82, 2.24) is 0 Å². The summed E-state index contributed by atoms with van der Waals surface area (Å²) in [6, 6.07) is 7.52. The first kappa shape index (κ1) is 15.0. The Balaban J connectivity index is 2.85. The van der Waals surface area contributed by atoms with Gasteiger partial charge in [-0.1, -0.05) is 27.7 Å². The van der Waals surface area contributed by atoms with Crippen LogP contribution in [0.2, 0.25) is 18.1 Å². The zero-order valence-corrected chi connectivity index (χ0v) is 13.3. The van der Waals surface area contributed by atoms with Crippen LogP contribution in [0.3, 0.4) is 0 Å². The van der Waals surface area contributed by atoms with Crippen molar-refractivity contribution in [3.8, 4) is 5.75 Å². The van der Waals surface area contributed by atoms with E-state index in [1.165, 1.54) is 0 Å². The van der Waals surface area contributed by atoms with Crippen molar-refractivity contribution in [2.75, 3.05) is 0 Å². The average molecular weight is 264 g/mol. The van der Waals surface area contributed by atoms with Gasteiger partial charge in [0.25, 0.3) is 0 Å². The highest BCUT2D eigenvalue weighted by Crippen LogP contribution is 2.37. The maximum absolute atomic E-state index is 11.5. The first-order chi connectivity index (χ1) is 8.17. The van der Waals surface area contributed by atoms with Crippen molar-refractivity contribution in [2.45, 2.75) is 52.2 Å². The van der Waals surface area contributed by atoms with Crippen LogP contribution in [0.15, 0.2) is 24.3 Å². The summed E-state index contributed by atoms with van der Waals surface area (Å²) in [6.07, 6.45) is 0.544. The van der Waals surface area contributed by atoms with Gasteiger partial charge in [0.15, 0.2) is 5.78 Å². The van der Waals surface area contributed by atoms with Gasteiger partial charge in [-0.25, -0.2) is 0 Å². The van der Waals surface area contributed by atoms with Crippen LogP contribution < -0.4 is 4.43 Å². The zero-order valence-electron chi connectivity index (χ0n) is 12.3. The van der Waals surface area contributed by atoms with Crippen molar-refractivity contribution in [2.24, 2.45) is 0 Å². The third-order valence-electron chi connectivity index (χ3n) is 3.68. The molecular weight excluding hydrogens is 240 g/mol. The molecule has 1 aromatic rings. The van der Waals surface area contributed by atoms with Crippen LogP contribution in [-0.4, -0.2) is 14.1 Å². The summed E-state index contributed by atoms with van der Waals surface area (Å²) in [5, 5.41) is 0.185. The molecule has 0 aliphatic carbocycles. The second-order valence-corrected chi connectivity index (χ2v) is 10.9. The quantitative estimate of drug-likeness (QED) is 0.584. The van der Waals surface area contributed by atoms with Crippen LogP contribution in [-0.2, 0) is 0 Å². The van der Waals surface area contributed by atoms with Gasteiger partial charge >= 0.3 is 0 Å². The van der Waals surface area contributed by atoms with Crippen LogP contribution in [0.4, 0.5) is 0 Å². The van der Waals surface area contributed by atoms with Gasteiger partial charge in [0.05, 0.1) is 0 Å². The average Bonchev–Trinajstić information content (AvgIpc) is 2.27. The van der Waals surface area contributed by atoms with E-state index >= 15 is 0 Å². The lowest BCUT2D eigenvalue weighted by Gasteiger charge is -2.36. The van der Waals surface area contributed by atoms with Crippen molar-refractivity contribution in [3.05, 3.63) is 29.8 Å². The number of rotatable bonds is 4. The molecule has 0 aliphatic heterocycles. The molecular formula is C15H24O2Si. The normalized spacial score (nSPS) is 12.3. The van der Waals surface area contributed by atoms with Crippen molar-refractivity contribution < 1.29 is 9.22 Å². The predicted octanol–water partition coefficient (Wildman–Crippen LogP) is 4.66. The number of carbonyl (C=O) groups excluding carboxylic acids is 1. The molecule has 0 atom stereocenters. The molecule has 0 radical (unpaired) electrons. The lowest BCUT2D eigenvalue weighted by Crippen LogP contribution is -2.43. The molecule has 18 heavy (non-hydrogen) atoms. The summed E-state index contributed by atoms with van der Waals surface area (Å²) in [6.45, 7) is 13.0. The third-order valence-corrected chi connectivity index (χ3v) is 8.03. The Labute approximate surface area is 111 Å². The van der Waals surface area contributed by atoms with E-state index in [0.29, 0.717) is 6.42 Å². The smallest absolute Gasteiger partial charge is 0.250 e. The zero-order chi connectivity index (χ0) is 14.0. The molecule has 0 aliphatic rings. The standard InChI is InChI=1S/C15H24O2Si/c1-7-14(16)12-8-10-13(11-9-12)17-18(5,6)15(2,3)4/h8-11H,7H2,1-6H3. The number of carbonyl (C=O) groups is 1. The van der Waals surface area contributed by atoms with Gasteiger partial charge < -0.3 is 4.43 Å². The molecule has 0 amide bonds. The largest absolute Gasteiger partial charge is 0.544 e. The highest BCUT2D eigenvalue weighted by atomic mass is 28.4. The molecule has 0 fully saturated rings. The van der Waals surface area contributed by atoms with Gasteiger partial charge in [-0.3, -0.25) is 4.79 Å². The minimum absolute atomic E-state index is 0.175. The summed E-state index contributed by atoms with van der Waals surface area (Å²) in [5.41, 5.74) is 0.764. The van der Waals surface area contributed by atoms with E-state index in [-0.39, 0.29) is 10.8 Å². The van der Waals surface area contributed by atoms with Crippen LogP contribution in [0.25, 0.3) is 0 Å². The Bertz CT molecular complexity index is 413. The fourth-order valence-electron chi connectivity index (χ4n) is 1.36. The number of Topliss-reactive ketones (excluding diaryl/α,β-unsaturated/α-hetero) is 1. The molecule has 0 aromatic heterocycles. The van der Waals surface area contributed by atoms with Crippen molar-refractivity contribution in [1.29, 1.82) is 0 Å². The Morgan fingerprint density at radius 3 is 2.06 bits per heavy atom. The van der Waals surface area contributed by atoms with E-state index in [1.807, 2.05) is 31.2 Å². The van der Waals surface area contributed by atoms with Gasteiger partial charge in [0.2, 0.25) is 8.32 Å². The maximum Gasteiger partial charge on any atom is 0.250 e. The Morgan fingerprint density at radius 1 is 1.17 bits per heavy atom. The minimum Gasteiger partial charge on any atom is -0.544 e. The topological polar surface area (TPSA) is 26.3 Å². The minimum atomic E-state index is -1.78. The number of benzene rings is 1. The first-order valence-electron chi connectivity index (χ1n) is 6.49. The second-order valence-electron chi connectivity index (χ2n) is 6.16. The number of ketones is 1. The molecule has 0 N–H and O–H groups in total. The second kappa shape index (κ2) is 5.27. The molecule has 0 saturated heterocycles. The van der Waals surface area contributed by atoms with E-state index in [9.17, 15) is 4.79 Å². The molecule has 0 spiro atoms. The first-order valence-corrected chi connectivity index (χ1v) is 9.40. The summed E-state index contributed by atoms with van der Waals surface area (Å²) < 4.78 is 6.16. The van der Waals surface area contributed by atoms with Gasteiger partial charge in [0.1, 0.15) is 5.75 Å². The Morgan fingerprint density at radius 2 is 1.67 bits per heavy atom. The number of hydrogen-bond acceptors (Lipinski definition) is 2. The molecule has 3 heteroatoms. The molecule has 1 aromatic carbocycles. The van der Waals surface area contributed by atoms with E-state index in [1.54, 1.807) is 0 Å². The fraction of sp³-hybridized carbons (Fsp3) is 0.533. The monoisotopic (exact) mass is 264 g/mol. The van der Waals surface area contributed by atoms with Crippen molar-refractivity contribution in [3.63, 3.8) is 0 Å². The lowest BCUT2D eigenvalue weighted by atomic mass is 10.1. The fourth-order valence-corrected chi connectivity index (χ4v) is 2.39. The summed E-state index contributed by atoms with van der Waals surface area (Å²) in [4.78, 5) is 11.5. The van der Waals surface area contributed by atoms with Crippen LogP contribution in [0, 0.1) is 0 Å². The molecule has 0 unspecified atom stereocenters. The highest BCUT2D eigenvalue weighted by molar-refractivity contribution is 6.74. The van der Waals surface area contributed by atoms with E-state index in [2.05, 4.69) is 33.9 Å². The van der Waals surface area contributed by atoms with Gasteiger partial charge in [0, 0.05) is 12.0 Å². The SMILES string of the molecule is CCC(=O)c1ccc(O[Si](C)(C)C(C)(C)C)cc1. The number of hydrogen-bond donors (Lipinski definition) is 0. The Hall–Kier alpha value is -1.09. The molecule has 100 valence electrons. The van der Waals surface area contributed by atoms with Gasteiger partial charge in [-0.2, -0.15) is 0 Å². The van der Waals surface area contributed by atoms with Crippen LogP contribution in [0.1, 0.15) is 44.5 Å². The summed E-state index contributed by atoms with van der Waals surface area (Å²) >= 11 is 0. The molecule has 1 rings (SSSR count). The third kappa shape index (κ3) is 3.45. The Kier molecular flexibility index (Phi) is 4.38. The van der Waals surface area contributed by atoms with Crippen LogP contribution >= 0.6 is 0 Å². The van der Waals surface area contributed by atoms with Gasteiger partial charge in [-0.15, -0.1) is 0 Å². The molecule has 0 saturated carbocycles. The van der Waals surface area contributed by atoms with Crippen molar-refractivity contribution >= 4 is 14.1 Å². The van der Waals surface area contributed by atoms with Crippen LogP contribution in [0.5, 0.6) is 5.75 Å².